The van der Waals surface area contributed by atoms with Gasteiger partial charge in [-0.15, -0.1) is 10.2 Å². The molecule has 2 N–H and O–H groups in total. The summed E-state index contributed by atoms with van der Waals surface area (Å²) in [5.41, 5.74) is 8.38. The first kappa shape index (κ1) is 10.4. The standard InChI is InChI=1S/C12H15N5/c1-17-15-11(14-16-17)9-2-4-10(5-3-9)12(8-13)6-7-12/h2-5H,6-8,13H2,1H3. The minimum Gasteiger partial charge on any atom is -0.330 e. The number of aryl methyl sites for hydroxylation is 1. The molecule has 1 heterocycles. The molecule has 5 nitrogen and oxygen atoms in total. The molecule has 1 fully saturated rings. The highest BCUT2D eigenvalue weighted by atomic mass is 15.6. The molecule has 0 aliphatic heterocycles. The molecule has 3 rings (SSSR count). The summed E-state index contributed by atoms with van der Waals surface area (Å²) in [5, 5.41) is 12.0. The fourth-order valence-corrected chi connectivity index (χ4v) is 2.13. The lowest BCUT2D eigenvalue weighted by Gasteiger charge is -2.12. The third-order valence-corrected chi connectivity index (χ3v) is 3.51. The smallest absolute Gasteiger partial charge is 0.204 e. The van der Waals surface area contributed by atoms with Crippen LogP contribution < -0.4 is 5.73 Å². The van der Waals surface area contributed by atoms with E-state index in [-0.39, 0.29) is 5.41 Å². The van der Waals surface area contributed by atoms with Gasteiger partial charge < -0.3 is 5.73 Å². The number of hydrogen-bond donors (Lipinski definition) is 1. The molecule has 0 unspecified atom stereocenters. The van der Waals surface area contributed by atoms with Gasteiger partial charge in [0.1, 0.15) is 0 Å². The second-order valence-corrected chi connectivity index (χ2v) is 4.66. The maximum atomic E-state index is 5.82. The summed E-state index contributed by atoms with van der Waals surface area (Å²) in [4.78, 5) is 1.46. The minimum atomic E-state index is 0.244. The predicted molar refractivity (Wildman–Crippen MR) is 64.2 cm³/mol. The van der Waals surface area contributed by atoms with Gasteiger partial charge in [-0.2, -0.15) is 4.80 Å². The van der Waals surface area contributed by atoms with Crippen molar-refractivity contribution in [3.63, 3.8) is 0 Å². The maximum absolute atomic E-state index is 5.82. The van der Waals surface area contributed by atoms with Crippen molar-refractivity contribution in [3.8, 4) is 11.4 Å². The quantitative estimate of drug-likeness (QED) is 0.847. The summed E-state index contributed by atoms with van der Waals surface area (Å²) < 4.78 is 0. The molecule has 17 heavy (non-hydrogen) atoms. The highest BCUT2D eigenvalue weighted by Gasteiger charge is 2.42. The van der Waals surface area contributed by atoms with Crippen molar-refractivity contribution in [3.05, 3.63) is 29.8 Å². The molecule has 2 aromatic rings. The minimum absolute atomic E-state index is 0.244. The molecule has 0 amide bonds. The summed E-state index contributed by atoms with van der Waals surface area (Å²) in [6.07, 6.45) is 2.40. The van der Waals surface area contributed by atoms with Gasteiger partial charge in [-0.1, -0.05) is 24.3 Å². The summed E-state index contributed by atoms with van der Waals surface area (Å²) in [7, 11) is 1.76. The first-order chi connectivity index (χ1) is 8.23. The van der Waals surface area contributed by atoms with Crippen LogP contribution in [0.4, 0.5) is 0 Å². The van der Waals surface area contributed by atoms with Gasteiger partial charge in [0, 0.05) is 17.5 Å². The summed E-state index contributed by atoms with van der Waals surface area (Å²) in [5.74, 6) is 0.664. The van der Waals surface area contributed by atoms with E-state index in [9.17, 15) is 0 Å². The Morgan fingerprint density at radius 1 is 1.29 bits per heavy atom. The van der Waals surface area contributed by atoms with Crippen LogP contribution in [0.25, 0.3) is 11.4 Å². The van der Waals surface area contributed by atoms with E-state index in [1.165, 1.54) is 23.2 Å². The number of benzene rings is 1. The van der Waals surface area contributed by atoms with Crippen LogP contribution in [-0.2, 0) is 12.5 Å². The van der Waals surface area contributed by atoms with E-state index in [2.05, 4.69) is 27.5 Å². The zero-order chi connectivity index (χ0) is 11.9. The van der Waals surface area contributed by atoms with E-state index < -0.39 is 0 Å². The fraction of sp³-hybridized carbons (Fsp3) is 0.417. The first-order valence-corrected chi connectivity index (χ1v) is 5.78. The van der Waals surface area contributed by atoms with Gasteiger partial charge in [0.05, 0.1) is 7.05 Å². The Labute approximate surface area is 99.6 Å². The van der Waals surface area contributed by atoms with Crippen LogP contribution >= 0.6 is 0 Å². The average molecular weight is 229 g/mol. The number of aromatic nitrogens is 4. The van der Waals surface area contributed by atoms with Crippen molar-refractivity contribution < 1.29 is 0 Å². The predicted octanol–water partition coefficient (Wildman–Crippen LogP) is 0.867. The van der Waals surface area contributed by atoms with Crippen LogP contribution in [0.5, 0.6) is 0 Å². The number of nitrogens with zero attached hydrogens (tertiary/aromatic N) is 4. The van der Waals surface area contributed by atoms with E-state index in [1.807, 2.05) is 12.1 Å². The molecule has 5 heteroatoms. The van der Waals surface area contributed by atoms with E-state index in [0.29, 0.717) is 5.82 Å². The molecule has 1 aromatic heterocycles. The Kier molecular flexibility index (Phi) is 2.22. The lowest BCUT2D eigenvalue weighted by atomic mass is 9.95. The molecular weight excluding hydrogens is 214 g/mol. The summed E-state index contributed by atoms with van der Waals surface area (Å²) in [6.45, 7) is 0.732. The van der Waals surface area contributed by atoms with Crippen molar-refractivity contribution in [1.29, 1.82) is 0 Å². The highest BCUT2D eigenvalue weighted by molar-refractivity contribution is 5.55. The van der Waals surface area contributed by atoms with Crippen molar-refractivity contribution in [2.75, 3.05) is 6.54 Å². The van der Waals surface area contributed by atoms with Gasteiger partial charge in [-0.3, -0.25) is 0 Å². The van der Waals surface area contributed by atoms with Crippen LogP contribution in [0.15, 0.2) is 24.3 Å². The van der Waals surface area contributed by atoms with Crippen LogP contribution in [0.3, 0.4) is 0 Å². The van der Waals surface area contributed by atoms with Crippen LogP contribution in [0, 0.1) is 0 Å². The number of hydrogen-bond acceptors (Lipinski definition) is 4. The van der Waals surface area contributed by atoms with Crippen LogP contribution in [-0.4, -0.2) is 26.8 Å². The largest absolute Gasteiger partial charge is 0.330 e. The first-order valence-electron chi connectivity index (χ1n) is 5.78. The van der Waals surface area contributed by atoms with Crippen molar-refractivity contribution in [2.45, 2.75) is 18.3 Å². The molecule has 1 aliphatic carbocycles. The molecule has 1 aromatic carbocycles. The van der Waals surface area contributed by atoms with Crippen molar-refractivity contribution in [2.24, 2.45) is 12.8 Å². The Morgan fingerprint density at radius 2 is 2.00 bits per heavy atom. The summed E-state index contributed by atoms with van der Waals surface area (Å²) in [6, 6.07) is 8.35. The normalized spacial score (nSPS) is 17.1. The Bertz CT molecular complexity index is 524. The third kappa shape index (κ3) is 1.72. The van der Waals surface area contributed by atoms with Gasteiger partial charge in [-0.05, 0) is 23.6 Å². The molecule has 0 radical (unpaired) electrons. The topological polar surface area (TPSA) is 69.6 Å². The van der Waals surface area contributed by atoms with Gasteiger partial charge in [0.15, 0.2) is 0 Å². The van der Waals surface area contributed by atoms with E-state index >= 15 is 0 Å². The molecule has 1 saturated carbocycles. The lowest BCUT2D eigenvalue weighted by molar-refractivity contribution is 0.630. The van der Waals surface area contributed by atoms with Crippen molar-refractivity contribution in [1.82, 2.24) is 20.2 Å². The van der Waals surface area contributed by atoms with Crippen LogP contribution in [0.2, 0.25) is 0 Å². The average Bonchev–Trinajstić information content (AvgIpc) is 3.06. The second kappa shape index (κ2) is 3.63. The lowest BCUT2D eigenvalue weighted by Crippen LogP contribution is -2.19. The van der Waals surface area contributed by atoms with Crippen molar-refractivity contribution >= 4 is 0 Å². The Hall–Kier alpha value is -1.75. The van der Waals surface area contributed by atoms with Gasteiger partial charge >= 0.3 is 0 Å². The molecule has 0 spiro atoms. The van der Waals surface area contributed by atoms with Gasteiger partial charge in [-0.25, -0.2) is 0 Å². The molecule has 0 atom stereocenters. The van der Waals surface area contributed by atoms with Crippen LogP contribution in [0.1, 0.15) is 18.4 Å². The number of nitrogens with two attached hydrogens (primary N) is 1. The molecule has 0 bridgehead atoms. The Balaban J connectivity index is 1.90. The zero-order valence-corrected chi connectivity index (χ0v) is 9.80. The summed E-state index contributed by atoms with van der Waals surface area (Å²) >= 11 is 0. The second-order valence-electron chi connectivity index (χ2n) is 4.66. The maximum Gasteiger partial charge on any atom is 0.204 e. The van der Waals surface area contributed by atoms with E-state index in [4.69, 9.17) is 5.73 Å². The van der Waals surface area contributed by atoms with E-state index in [0.717, 1.165) is 12.1 Å². The highest BCUT2D eigenvalue weighted by Crippen LogP contribution is 2.47. The zero-order valence-electron chi connectivity index (χ0n) is 9.80. The fourth-order valence-electron chi connectivity index (χ4n) is 2.13. The SMILES string of the molecule is Cn1nnc(-c2ccc(C3(CN)CC3)cc2)n1. The molecule has 0 saturated heterocycles. The monoisotopic (exact) mass is 229 g/mol. The van der Waals surface area contributed by atoms with E-state index in [1.54, 1.807) is 7.05 Å². The Morgan fingerprint density at radius 3 is 2.47 bits per heavy atom. The van der Waals surface area contributed by atoms with Gasteiger partial charge in [0.2, 0.25) is 5.82 Å². The number of tetrazole rings is 1. The molecular formula is C12H15N5. The molecule has 88 valence electrons. The number of rotatable bonds is 3. The van der Waals surface area contributed by atoms with Gasteiger partial charge in [0.25, 0.3) is 0 Å². The third-order valence-electron chi connectivity index (χ3n) is 3.51. The molecule has 1 aliphatic rings.